The Morgan fingerprint density at radius 3 is 2.90 bits per heavy atom. The number of nitrogens with zero attached hydrogens (tertiary/aromatic N) is 1. The molecular formula is C16H22N2OS. The highest BCUT2D eigenvalue weighted by Crippen LogP contribution is 2.33. The normalized spacial score (nSPS) is 26.9. The Balaban J connectivity index is 1.80. The lowest BCUT2D eigenvalue weighted by atomic mass is 10.1. The van der Waals surface area contributed by atoms with Crippen molar-refractivity contribution in [3.63, 3.8) is 0 Å². The number of anilines is 2. The molecule has 2 aliphatic heterocycles. The second-order valence-electron chi connectivity index (χ2n) is 5.64. The van der Waals surface area contributed by atoms with Gasteiger partial charge in [0.05, 0.1) is 11.4 Å². The van der Waals surface area contributed by atoms with Crippen molar-refractivity contribution < 1.29 is 4.79 Å². The lowest BCUT2D eigenvalue weighted by Gasteiger charge is -2.31. The van der Waals surface area contributed by atoms with Crippen LogP contribution in [0.5, 0.6) is 0 Å². The molecule has 1 aromatic rings. The van der Waals surface area contributed by atoms with Crippen molar-refractivity contribution in [1.29, 1.82) is 0 Å². The first-order valence-corrected chi connectivity index (χ1v) is 8.58. The number of amides is 1. The van der Waals surface area contributed by atoms with Crippen molar-refractivity contribution in [1.82, 2.24) is 0 Å². The van der Waals surface area contributed by atoms with Crippen LogP contribution in [0.25, 0.3) is 0 Å². The molecule has 2 fully saturated rings. The summed E-state index contributed by atoms with van der Waals surface area (Å²) in [5.41, 5.74) is 2.17. The fourth-order valence-corrected chi connectivity index (χ4v) is 4.19. The summed E-state index contributed by atoms with van der Waals surface area (Å²) in [7, 11) is 0. The van der Waals surface area contributed by atoms with Crippen LogP contribution in [0, 0.1) is 0 Å². The molecule has 1 aromatic carbocycles. The fourth-order valence-electron chi connectivity index (χ4n) is 3.05. The van der Waals surface area contributed by atoms with Gasteiger partial charge in [-0.3, -0.25) is 4.79 Å². The highest BCUT2D eigenvalue weighted by molar-refractivity contribution is 8.00. The first-order chi connectivity index (χ1) is 9.75. The second kappa shape index (κ2) is 6.08. The third-order valence-corrected chi connectivity index (χ3v) is 5.59. The summed E-state index contributed by atoms with van der Waals surface area (Å²) < 4.78 is 0. The van der Waals surface area contributed by atoms with Gasteiger partial charge in [0, 0.05) is 24.3 Å². The second-order valence-corrected chi connectivity index (χ2v) is 7.12. The van der Waals surface area contributed by atoms with Gasteiger partial charge in [0.15, 0.2) is 0 Å². The summed E-state index contributed by atoms with van der Waals surface area (Å²) >= 11 is 2.04. The van der Waals surface area contributed by atoms with Crippen LogP contribution in [0.4, 0.5) is 11.4 Å². The van der Waals surface area contributed by atoms with Crippen molar-refractivity contribution in [2.24, 2.45) is 0 Å². The topological polar surface area (TPSA) is 32.3 Å². The van der Waals surface area contributed by atoms with Crippen LogP contribution in [0.15, 0.2) is 24.3 Å². The number of nitrogens with one attached hydrogen (secondary N) is 1. The Bertz CT molecular complexity index is 491. The Hall–Kier alpha value is -1.16. The molecule has 4 heteroatoms. The van der Waals surface area contributed by atoms with Gasteiger partial charge in [-0.15, -0.1) is 0 Å². The van der Waals surface area contributed by atoms with Crippen molar-refractivity contribution >= 4 is 29.0 Å². The van der Waals surface area contributed by atoms with Gasteiger partial charge in [0.2, 0.25) is 5.91 Å². The zero-order valence-electron chi connectivity index (χ0n) is 12.0. The van der Waals surface area contributed by atoms with Gasteiger partial charge in [-0.25, -0.2) is 0 Å². The third kappa shape index (κ3) is 2.80. The molecule has 0 bridgehead atoms. The molecule has 0 saturated carbocycles. The van der Waals surface area contributed by atoms with Gasteiger partial charge in [0.25, 0.3) is 0 Å². The SMILES string of the molecule is CC1SCCCC1Nc1ccccc1N1CCCC1=O. The van der Waals surface area contributed by atoms with E-state index in [-0.39, 0.29) is 5.91 Å². The molecule has 0 aliphatic carbocycles. The van der Waals surface area contributed by atoms with E-state index in [0.717, 1.165) is 24.3 Å². The number of para-hydroxylation sites is 2. The van der Waals surface area contributed by atoms with Gasteiger partial charge < -0.3 is 10.2 Å². The molecule has 20 heavy (non-hydrogen) atoms. The Morgan fingerprint density at radius 2 is 2.15 bits per heavy atom. The molecule has 1 amide bonds. The minimum absolute atomic E-state index is 0.255. The molecule has 2 heterocycles. The van der Waals surface area contributed by atoms with Gasteiger partial charge in [0.1, 0.15) is 0 Å². The Kier molecular flexibility index (Phi) is 4.20. The Morgan fingerprint density at radius 1 is 1.30 bits per heavy atom. The molecule has 108 valence electrons. The van der Waals surface area contributed by atoms with Crippen LogP contribution in [0.2, 0.25) is 0 Å². The molecule has 3 nitrogen and oxygen atoms in total. The predicted octanol–water partition coefficient (Wildman–Crippen LogP) is 3.51. The monoisotopic (exact) mass is 290 g/mol. The molecule has 3 rings (SSSR count). The Labute approximate surface area is 125 Å². The van der Waals surface area contributed by atoms with Gasteiger partial charge >= 0.3 is 0 Å². The minimum Gasteiger partial charge on any atom is -0.380 e. The van der Waals surface area contributed by atoms with Crippen LogP contribution in [0.1, 0.15) is 32.6 Å². The molecule has 0 spiro atoms. The highest BCUT2D eigenvalue weighted by atomic mass is 32.2. The average molecular weight is 290 g/mol. The van der Waals surface area contributed by atoms with E-state index in [0.29, 0.717) is 17.7 Å². The number of hydrogen-bond donors (Lipinski definition) is 1. The number of thioether (sulfide) groups is 1. The maximum absolute atomic E-state index is 12.0. The number of rotatable bonds is 3. The van der Waals surface area contributed by atoms with E-state index in [4.69, 9.17) is 0 Å². The van der Waals surface area contributed by atoms with Gasteiger partial charge in [-0.05, 0) is 37.1 Å². The maximum Gasteiger partial charge on any atom is 0.227 e. The summed E-state index contributed by atoms with van der Waals surface area (Å²) in [6, 6.07) is 8.74. The van der Waals surface area contributed by atoms with E-state index >= 15 is 0 Å². The fraction of sp³-hybridized carbons (Fsp3) is 0.562. The van der Waals surface area contributed by atoms with Gasteiger partial charge in [-0.2, -0.15) is 11.8 Å². The third-order valence-electron chi connectivity index (χ3n) is 4.22. The van der Waals surface area contributed by atoms with E-state index in [1.165, 1.54) is 18.6 Å². The summed E-state index contributed by atoms with van der Waals surface area (Å²) in [6.07, 6.45) is 4.15. The molecule has 2 atom stereocenters. The molecule has 1 N–H and O–H groups in total. The lowest BCUT2D eigenvalue weighted by molar-refractivity contribution is -0.117. The summed E-state index contributed by atoms with van der Waals surface area (Å²) in [5, 5.41) is 4.31. The first kappa shape index (κ1) is 13.8. The quantitative estimate of drug-likeness (QED) is 0.924. The standard InChI is InChI=1S/C16H22N2OS/c1-12-13(7-5-11-20-12)17-14-6-2-3-8-15(14)18-10-4-9-16(18)19/h2-3,6,8,12-13,17H,4-5,7,9-11H2,1H3. The molecular weight excluding hydrogens is 268 g/mol. The molecule has 2 saturated heterocycles. The van der Waals surface area contributed by atoms with Crippen LogP contribution in [-0.2, 0) is 4.79 Å². The minimum atomic E-state index is 0.255. The maximum atomic E-state index is 12.0. The largest absolute Gasteiger partial charge is 0.380 e. The zero-order valence-corrected chi connectivity index (χ0v) is 12.8. The van der Waals surface area contributed by atoms with Crippen LogP contribution in [0.3, 0.4) is 0 Å². The number of hydrogen-bond acceptors (Lipinski definition) is 3. The van der Waals surface area contributed by atoms with Crippen LogP contribution in [-0.4, -0.2) is 29.5 Å². The molecule has 0 aromatic heterocycles. The summed E-state index contributed by atoms with van der Waals surface area (Å²) in [6.45, 7) is 3.15. The smallest absolute Gasteiger partial charge is 0.227 e. The molecule has 0 radical (unpaired) electrons. The first-order valence-electron chi connectivity index (χ1n) is 7.53. The summed E-state index contributed by atoms with van der Waals surface area (Å²) in [4.78, 5) is 13.9. The van der Waals surface area contributed by atoms with Crippen LogP contribution < -0.4 is 10.2 Å². The van der Waals surface area contributed by atoms with E-state index in [2.05, 4.69) is 24.4 Å². The van der Waals surface area contributed by atoms with Crippen molar-refractivity contribution in [2.75, 3.05) is 22.5 Å². The number of benzene rings is 1. The van der Waals surface area contributed by atoms with E-state index in [1.54, 1.807) is 0 Å². The van der Waals surface area contributed by atoms with Crippen molar-refractivity contribution in [2.45, 2.75) is 43.9 Å². The van der Waals surface area contributed by atoms with Crippen molar-refractivity contribution in [3.05, 3.63) is 24.3 Å². The van der Waals surface area contributed by atoms with E-state index in [9.17, 15) is 4.79 Å². The number of carbonyl (C=O) groups excluding carboxylic acids is 1. The average Bonchev–Trinajstić information content (AvgIpc) is 2.88. The molecule has 2 aliphatic rings. The highest BCUT2D eigenvalue weighted by Gasteiger charge is 2.26. The van der Waals surface area contributed by atoms with Crippen molar-refractivity contribution in [3.8, 4) is 0 Å². The predicted molar refractivity (Wildman–Crippen MR) is 86.6 cm³/mol. The molecule has 2 unspecified atom stereocenters. The van der Waals surface area contributed by atoms with Crippen LogP contribution >= 0.6 is 11.8 Å². The van der Waals surface area contributed by atoms with Gasteiger partial charge in [-0.1, -0.05) is 19.1 Å². The van der Waals surface area contributed by atoms with E-state index < -0.39 is 0 Å². The zero-order chi connectivity index (χ0) is 13.9. The van der Waals surface area contributed by atoms with E-state index in [1.807, 2.05) is 28.8 Å². The lowest BCUT2D eigenvalue weighted by Crippen LogP contribution is -2.34. The number of carbonyl (C=O) groups is 1. The summed E-state index contributed by atoms with van der Waals surface area (Å²) in [5.74, 6) is 1.52.